The average molecular weight is 587 g/mol. The molecular formula is C27H46N4O10. The normalized spacial score (nSPS) is 15.7. The monoisotopic (exact) mass is 586 g/mol. The molecule has 0 radical (unpaired) electrons. The Morgan fingerprint density at radius 3 is 1.90 bits per heavy atom. The summed E-state index contributed by atoms with van der Waals surface area (Å²) in [7, 11) is 0. The minimum absolute atomic E-state index is 0.0660. The minimum Gasteiger partial charge on any atom is -0.379 e. The summed E-state index contributed by atoms with van der Waals surface area (Å²) < 4.78 is 21.6. The number of hydrogen-bond donors (Lipinski definition) is 3. The highest BCUT2D eigenvalue weighted by Gasteiger charge is 2.35. The maximum atomic E-state index is 12.2. The van der Waals surface area contributed by atoms with E-state index in [1.54, 1.807) is 20.8 Å². The second kappa shape index (κ2) is 20.9. The summed E-state index contributed by atoms with van der Waals surface area (Å²) in [5, 5.41) is 7.86. The van der Waals surface area contributed by atoms with E-state index in [-0.39, 0.29) is 80.2 Å². The second-order valence-corrected chi connectivity index (χ2v) is 10.00. The zero-order valence-electron chi connectivity index (χ0n) is 24.7. The van der Waals surface area contributed by atoms with Gasteiger partial charge in [0.15, 0.2) is 0 Å². The van der Waals surface area contributed by atoms with Gasteiger partial charge in [0.1, 0.15) is 11.8 Å². The fraction of sp³-hybridized carbons (Fsp3) is 0.778. The van der Waals surface area contributed by atoms with Crippen LogP contribution in [0, 0.1) is 11.8 Å². The number of rotatable bonds is 23. The molecule has 14 heteroatoms. The van der Waals surface area contributed by atoms with E-state index in [1.165, 1.54) is 6.92 Å². The third-order valence-corrected chi connectivity index (χ3v) is 5.97. The molecule has 2 atom stereocenters. The molecule has 0 aromatic heterocycles. The molecule has 3 N–H and O–H groups in total. The highest BCUT2D eigenvalue weighted by atomic mass is 16.6. The molecule has 0 bridgehead atoms. The van der Waals surface area contributed by atoms with Gasteiger partial charge in [-0.15, -0.1) is 0 Å². The highest BCUT2D eigenvalue weighted by Crippen LogP contribution is 2.18. The van der Waals surface area contributed by atoms with Crippen molar-refractivity contribution in [3.63, 3.8) is 0 Å². The Balaban J connectivity index is 1.91. The van der Waals surface area contributed by atoms with Crippen molar-refractivity contribution < 1.29 is 47.7 Å². The number of Topliss-reactive ketones (excluding diaryl/α,β-unsaturated/α-hetero) is 1. The van der Waals surface area contributed by atoms with Crippen molar-refractivity contribution in [3.8, 4) is 0 Å². The number of likely N-dealkylation sites (tertiary alicyclic amines) is 1. The summed E-state index contributed by atoms with van der Waals surface area (Å²) in [5.41, 5.74) is 0. The third kappa shape index (κ3) is 16.2. The molecule has 5 amide bonds. The second-order valence-electron chi connectivity index (χ2n) is 10.00. The van der Waals surface area contributed by atoms with E-state index in [0.717, 1.165) is 4.90 Å². The van der Waals surface area contributed by atoms with Gasteiger partial charge in [0.2, 0.25) is 29.5 Å². The molecule has 234 valence electrons. The predicted octanol–water partition coefficient (Wildman–Crippen LogP) is -0.810. The lowest BCUT2D eigenvalue weighted by atomic mass is 10.0. The standard InChI is InChI=1S/C27H46N4O10/c1-19(2)25(26(36)29-18-21(4)32)30-23(34)6-9-38-11-13-40-15-16-41-14-12-39-10-7-28-22(33)5-8-31-24(35)17-20(3)27(31)37/h19-20,25H,5-18H2,1-4H3,(H,28,33)(H,29,36)(H,30,34). The number of nitrogens with zero attached hydrogens (tertiary/aromatic N) is 1. The number of nitrogens with one attached hydrogen (secondary N) is 3. The number of ether oxygens (including phenoxy) is 4. The molecule has 1 aliphatic heterocycles. The first-order valence-electron chi connectivity index (χ1n) is 14.0. The van der Waals surface area contributed by atoms with Crippen LogP contribution in [0.4, 0.5) is 0 Å². The SMILES string of the molecule is CC(=O)CNC(=O)C(NC(=O)CCOCCOCCOCCOCCNC(=O)CCN1C(=O)CC(C)C1=O)C(C)C. The van der Waals surface area contributed by atoms with Crippen molar-refractivity contribution in [2.75, 3.05) is 72.5 Å². The van der Waals surface area contributed by atoms with Gasteiger partial charge in [-0.05, 0) is 12.8 Å². The van der Waals surface area contributed by atoms with Gasteiger partial charge in [0, 0.05) is 38.3 Å². The van der Waals surface area contributed by atoms with Crippen molar-refractivity contribution in [2.24, 2.45) is 11.8 Å². The Kier molecular flexibility index (Phi) is 18.4. The van der Waals surface area contributed by atoms with Crippen LogP contribution in [-0.4, -0.2) is 119 Å². The number of ketones is 1. The van der Waals surface area contributed by atoms with Gasteiger partial charge in [-0.1, -0.05) is 20.8 Å². The fourth-order valence-electron chi connectivity index (χ4n) is 3.68. The van der Waals surface area contributed by atoms with Gasteiger partial charge in [-0.3, -0.25) is 33.7 Å². The van der Waals surface area contributed by atoms with Crippen molar-refractivity contribution in [1.29, 1.82) is 0 Å². The quantitative estimate of drug-likeness (QED) is 0.101. The molecule has 0 aromatic carbocycles. The van der Waals surface area contributed by atoms with E-state index in [1.807, 2.05) is 0 Å². The molecule has 0 saturated carbocycles. The Labute approximate surface area is 241 Å². The molecule has 2 unspecified atom stereocenters. The van der Waals surface area contributed by atoms with E-state index in [4.69, 9.17) is 18.9 Å². The topological polar surface area (TPSA) is 179 Å². The van der Waals surface area contributed by atoms with Crippen LogP contribution in [0.3, 0.4) is 0 Å². The fourth-order valence-corrected chi connectivity index (χ4v) is 3.68. The van der Waals surface area contributed by atoms with Gasteiger partial charge in [0.25, 0.3) is 0 Å². The van der Waals surface area contributed by atoms with Crippen molar-refractivity contribution in [3.05, 3.63) is 0 Å². The summed E-state index contributed by atoms with van der Waals surface area (Å²) in [4.78, 5) is 71.8. The number of carbonyl (C=O) groups excluding carboxylic acids is 6. The van der Waals surface area contributed by atoms with E-state index >= 15 is 0 Å². The smallest absolute Gasteiger partial charge is 0.243 e. The van der Waals surface area contributed by atoms with Crippen LogP contribution in [0.2, 0.25) is 0 Å². The third-order valence-electron chi connectivity index (χ3n) is 5.97. The average Bonchev–Trinajstić information content (AvgIpc) is 3.16. The zero-order chi connectivity index (χ0) is 30.6. The van der Waals surface area contributed by atoms with Crippen LogP contribution in [0.5, 0.6) is 0 Å². The van der Waals surface area contributed by atoms with Crippen molar-refractivity contribution >= 4 is 35.3 Å². The Hall–Kier alpha value is -2.94. The highest BCUT2D eigenvalue weighted by molar-refractivity contribution is 6.03. The van der Waals surface area contributed by atoms with Gasteiger partial charge >= 0.3 is 0 Å². The largest absolute Gasteiger partial charge is 0.379 e. The van der Waals surface area contributed by atoms with E-state index < -0.39 is 11.9 Å². The lowest BCUT2D eigenvalue weighted by Gasteiger charge is -2.21. The summed E-state index contributed by atoms with van der Waals surface area (Å²) in [6, 6.07) is -0.724. The lowest BCUT2D eigenvalue weighted by Crippen LogP contribution is -2.50. The molecule has 0 spiro atoms. The van der Waals surface area contributed by atoms with Crippen LogP contribution >= 0.6 is 0 Å². The Bertz CT molecular complexity index is 867. The van der Waals surface area contributed by atoms with Crippen LogP contribution in [0.15, 0.2) is 0 Å². The summed E-state index contributed by atoms with van der Waals surface area (Å²) in [6.45, 7) is 9.62. The molecule has 1 rings (SSSR count). The molecule has 1 aliphatic rings. The molecule has 0 aromatic rings. The Morgan fingerprint density at radius 2 is 1.39 bits per heavy atom. The maximum absolute atomic E-state index is 12.2. The Morgan fingerprint density at radius 1 is 0.829 bits per heavy atom. The number of carbonyl (C=O) groups is 6. The van der Waals surface area contributed by atoms with Gasteiger partial charge in [-0.25, -0.2) is 0 Å². The first kappa shape index (κ1) is 36.1. The summed E-state index contributed by atoms with van der Waals surface area (Å²) in [5.74, 6) is -2.03. The molecular weight excluding hydrogens is 540 g/mol. The summed E-state index contributed by atoms with van der Waals surface area (Å²) >= 11 is 0. The zero-order valence-corrected chi connectivity index (χ0v) is 24.7. The van der Waals surface area contributed by atoms with Gasteiger partial charge < -0.3 is 34.9 Å². The van der Waals surface area contributed by atoms with Crippen LogP contribution in [0.1, 0.15) is 47.0 Å². The van der Waals surface area contributed by atoms with Gasteiger partial charge in [-0.2, -0.15) is 0 Å². The first-order valence-corrected chi connectivity index (χ1v) is 14.0. The number of imide groups is 1. The van der Waals surface area contributed by atoms with Crippen molar-refractivity contribution in [1.82, 2.24) is 20.9 Å². The molecule has 1 heterocycles. The molecule has 1 fully saturated rings. The van der Waals surface area contributed by atoms with Gasteiger partial charge in [0.05, 0.1) is 59.4 Å². The van der Waals surface area contributed by atoms with Crippen LogP contribution in [0.25, 0.3) is 0 Å². The maximum Gasteiger partial charge on any atom is 0.243 e. The predicted molar refractivity (Wildman–Crippen MR) is 146 cm³/mol. The van der Waals surface area contributed by atoms with Crippen molar-refractivity contribution in [2.45, 2.75) is 53.0 Å². The lowest BCUT2D eigenvalue weighted by molar-refractivity contribution is -0.139. The van der Waals surface area contributed by atoms with E-state index in [0.29, 0.717) is 52.8 Å². The van der Waals surface area contributed by atoms with Crippen LogP contribution in [-0.2, 0) is 47.7 Å². The number of amides is 5. The molecule has 14 nitrogen and oxygen atoms in total. The number of hydrogen-bond acceptors (Lipinski definition) is 10. The first-order chi connectivity index (χ1) is 19.5. The van der Waals surface area contributed by atoms with E-state index in [9.17, 15) is 28.8 Å². The molecule has 1 saturated heterocycles. The molecule has 0 aliphatic carbocycles. The molecule has 41 heavy (non-hydrogen) atoms. The van der Waals surface area contributed by atoms with Crippen LogP contribution < -0.4 is 16.0 Å². The summed E-state index contributed by atoms with van der Waals surface area (Å²) in [6.07, 6.45) is 0.361. The minimum atomic E-state index is -0.724. The van der Waals surface area contributed by atoms with E-state index in [2.05, 4.69) is 16.0 Å².